The Morgan fingerprint density at radius 1 is 1.00 bits per heavy atom. The number of nitrogens with zero attached hydrogens (tertiary/aromatic N) is 3. The van der Waals surface area contributed by atoms with Gasteiger partial charge in [0.1, 0.15) is 5.82 Å². The predicted molar refractivity (Wildman–Crippen MR) is 111 cm³/mol. The largest absolute Gasteiger partial charge is 0.305 e. The van der Waals surface area contributed by atoms with E-state index in [4.69, 9.17) is 0 Å². The van der Waals surface area contributed by atoms with Gasteiger partial charge in [-0.25, -0.2) is 4.39 Å². The van der Waals surface area contributed by atoms with E-state index in [0.29, 0.717) is 13.0 Å². The van der Waals surface area contributed by atoms with Crippen LogP contribution in [0.25, 0.3) is 10.9 Å². The van der Waals surface area contributed by atoms with E-state index in [2.05, 4.69) is 17.2 Å². The van der Waals surface area contributed by atoms with Gasteiger partial charge in [-0.2, -0.15) is 5.10 Å². The van der Waals surface area contributed by atoms with Crippen LogP contribution in [0.2, 0.25) is 0 Å². The van der Waals surface area contributed by atoms with Gasteiger partial charge in [-0.3, -0.25) is 9.48 Å². The van der Waals surface area contributed by atoms with Gasteiger partial charge in [-0.15, -0.1) is 0 Å². The molecule has 29 heavy (non-hydrogen) atoms. The normalized spacial score (nSPS) is 16.7. The minimum atomic E-state index is -0.249. The van der Waals surface area contributed by atoms with E-state index < -0.39 is 0 Å². The third-order valence-corrected chi connectivity index (χ3v) is 5.52. The van der Waals surface area contributed by atoms with Gasteiger partial charge >= 0.3 is 0 Å². The topological polar surface area (TPSA) is 38.1 Å². The summed E-state index contributed by atoms with van der Waals surface area (Å²) in [5, 5.41) is 5.44. The maximum absolute atomic E-state index is 13.5. The third kappa shape index (κ3) is 3.29. The molecule has 0 N–H and O–H groups in total. The van der Waals surface area contributed by atoms with Crippen LogP contribution >= 0.6 is 0 Å². The van der Waals surface area contributed by atoms with Crippen LogP contribution in [0.5, 0.6) is 0 Å². The number of aromatic nitrogens is 2. The molecule has 5 heteroatoms. The summed E-state index contributed by atoms with van der Waals surface area (Å²) in [6.45, 7) is 0.496. The number of carbonyl (C=O) groups is 1. The van der Waals surface area contributed by atoms with E-state index in [1.54, 1.807) is 12.3 Å². The number of halogens is 1. The number of hydrogen-bond acceptors (Lipinski definition) is 2. The van der Waals surface area contributed by atoms with Crippen LogP contribution in [0.1, 0.15) is 30.0 Å². The summed E-state index contributed by atoms with van der Waals surface area (Å²) in [4.78, 5) is 14.5. The van der Waals surface area contributed by atoms with Gasteiger partial charge in [0.15, 0.2) is 0 Å². The Balaban J connectivity index is 1.48. The summed E-state index contributed by atoms with van der Waals surface area (Å²) in [5.41, 5.74) is 3.86. The van der Waals surface area contributed by atoms with Crippen LogP contribution < -0.4 is 4.90 Å². The molecule has 4 aromatic rings. The predicted octanol–water partition coefficient (Wildman–Crippen LogP) is 5.09. The first-order chi connectivity index (χ1) is 14.2. The number of benzene rings is 3. The van der Waals surface area contributed by atoms with E-state index in [0.717, 1.165) is 34.1 Å². The zero-order valence-electron chi connectivity index (χ0n) is 15.8. The van der Waals surface area contributed by atoms with Gasteiger partial charge in [-0.1, -0.05) is 42.5 Å². The second-order valence-electron chi connectivity index (χ2n) is 7.40. The smallest absolute Gasteiger partial charge is 0.227 e. The van der Waals surface area contributed by atoms with Crippen molar-refractivity contribution in [1.29, 1.82) is 0 Å². The molecule has 5 rings (SSSR count). The van der Waals surface area contributed by atoms with Crippen molar-refractivity contribution in [2.24, 2.45) is 0 Å². The molecule has 2 heterocycles. The molecule has 144 valence electrons. The highest BCUT2D eigenvalue weighted by Gasteiger charge is 2.33. The molecular weight excluding hydrogens is 365 g/mol. The molecule has 1 atom stereocenters. The van der Waals surface area contributed by atoms with Gasteiger partial charge in [-0.05, 0) is 47.9 Å². The number of rotatable bonds is 4. The van der Waals surface area contributed by atoms with Crippen molar-refractivity contribution in [3.05, 3.63) is 95.9 Å². The number of fused-ring (bicyclic) bond motifs is 1. The average molecular weight is 385 g/mol. The van der Waals surface area contributed by atoms with Crippen molar-refractivity contribution in [2.45, 2.75) is 25.4 Å². The summed E-state index contributed by atoms with van der Waals surface area (Å²) < 4.78 is 15.3. The van der Waals surface area contributed by atoms with Gasteiger partial charge in [0.2, 0.25) is 5.91 Å². The summed E-state index contributed by atoms with van der Waals surface area (Å²) in [6.07, 6.45) is 3.17. The first kappa shape index (κ1) is 17.6. The van der Waals surface area contributed by atoms with Gasteiger partial charge < -0.3 is 4.90 Å². The van der Waals surface area contributed by atoms with Crippen molar-refractivity contribution in [3.8, 4) is 0 Å². The van der Waals surface area contributed by atoms with Crippen molar-refractivity contribution < 1.29 is 9.18 Å². The first-order valence-electron chi connectivity index (χ1n) is 9.76. The van der Waals surface area contributed by atoms with E-state index in [1.807, 2.05) is 52.0 Å². The fourth-order valence-electron chi connectivity index (χ4n) is 4.16. The Hall–Kier alpha value is -3.47. The highest BCUT2D eigenvalue weighted by molar-refractivity contribution is 5.98. The Labute approximate surface area is 168 Å². The van der Waals surface area contributed by atoms with Gasteiger partial charge in [0.05, 0.1) is 24.3 Å². The van der Waals surface area contributed by atoms with Gasteiger partial charge in [0, 0.05) is 17.5 Å². The number of carbonyl (C=O) groups excluding carboxylic acids is 1. The fourth-order valence-corrected chi connectivity index (χ4v) is 4.16. The molecule has 1 fully saturated rings. The molecule has 1 amide bonds. The molecule has 1 aliphatic rings. The maximum Gasteiger partial charge on any atom is 0.227 e. The first-order valence-corrected chi connectivity index (χ1v) is 9.76. The lowest BCUT2D eigenvalue weighted by Crippen LogP contribution is -2.27. The summed E-state index contributed by atoms with van der Waals surface area (Å²) in [7, 11) is 0. The van der Waals surface area contributed by atoms with Crippen molar-refractivity contribution in [3.63, 3.8) is 0 Å². The Morgan fingerprint density at radius 2 is 1.86 bits per heavy atom. The van der Waals surface area contributed by atoms with Crippen molar-refractivity contribution >= 4 is 22.5 Å². The lowest BCUT2D eigenvalue weighted by molar-refractivity contribution is -0.117. The molecule has 1 unspecified atom stereocenters. The van der Waals surface area contributed by atoms with Crippen LogP contribution in [0.15, 0.2) is 79.0 Å². The molecule has 4 nitrogen and oxygen atoms in total. The summed E-state index contributed by atoms with van der Waals surface area (Å²) in [5.74, 6) is -0.105. The van der Waals surface area contributed by atoms with Crippen LogP contribution in [0, 0.1) is 5.82 Å². The van der Waals surface area contributed by atoms with Crippen LogP contribution in [0.3, 0.4) is 0 Å². The minimum Gasteiger partial charge on any atom is -0.305 e. The molecular formula is C24H20FN3O. The van der Waals surface area contributed by atoms with Crippen LogP contribution in [0.4, 0.5) is 10.1 Å². The molecule has 0 spiro atoms. The number of amides is 1. The van der Waals surface area contributed by atoms with Crippen LogP contribution in [-0.2, 0) is 11.3 Å². The third-order valence-electron chi connectivity index (χ3n) is 5.52. The lowest BCUT2D eigenvalue weighted by atomic mass is 10.0. The summed E-state index contributed by atoms with van der Waals surface area (Å²) in [6, 6.07) is 22.8. The Morgan fingerprint density at radius 3 is 2.69 bits per heavy atom. The SMILES string of the molecule is O=C1CCC(c2ccccc2)N1c1ccc2c(cnn2Cc2cccc(F)c2)c1. The number of hydrogen-bond donors (Lipinski definition) is 0. The molecule has 1 saturated heterocycles. The zero-order chi connectivity index (χ0) is 19.8. The molecule has 0 bridgehead atoms. The Kier molecular flexibility index (Phi) is 4.35. The zero-order valence-corrected chi connectivity index (χ0v) is 15.8. The van der Waals surface area contributed by atoms with Gasteiger partial charge in [0.25, 0.3) is 0 Å². The van der Waals surface area contributed by atoms with Crippen molar-refractivity contribution in [1.82, 2.24) is 9.78 Å². The second-order valence-corrected chi connectivity index (χ2v) is 7.40. The second kappa shape index (κ2) is 7.17. The molecule has 0 saturated carbocycles. The highest BCUT2D eigenvalue weighted by atomic mass is 19.1. The molecule has 3 aromatic carbocycles. The van der Waals surface area contributed by atoms with E-state index in [1.165, 1.54) is 12.1 Å². The minimum absolute atomic E-state index is 0.0588. The lowest BCUT2D eigenvalue weighted by Gasteiger charge is -2.25. The molecule has 1 aromatic heterocycles. The standard InChI is InChI=1S/C24H20FN3O/c25-20-8-4-5-17(13-20)16-27-22-10-9-21(14-19(22)15-26-27)28-23(11-12-24(28)29)18-6-2-1-3-7-18/h1-10,13-15,23H,11-12,16H2. The van der Waals surface area contributed by atoms with E-state index >= 15 is 0 Å². The monoisotopic (exact) mass is 385 g/mol. The molecule has 1 aliphatic heterocycles. The van der Waals surface area contributed by atoms with Crippen molar-refractivity contribution in [2.75, 3.05) is 4.90 Å². The fraction of sp³-hybridized carbons (Fsp3) is 0.167. The quantitative estimate of drug-likeness (QED) is 0.491. The molecule has 0 aliphatic carbocycles. The number of anilines is 1. The summed E-state index contributed by atoms with van der Waals surface area (Å²) >= 11 is 0. The molecule has 0 radical (unpaired) electrons. The highest BCUT2D eigenvalue weighted by Crippen LogP contribution is 2.38. The van der Waals surface area contributed by atoms with E-state index in [9.17, 15) is 9.18 Å². The van der Waals surface area contributed by atoms with E-state index in [-0.39, 0.29) is 17.8 Å². The average Bonchev–Trinajstić information content (AvgIpc) is 3.32. The Bertz CT molecular complexity index is 1190. The van der Waals surface area contributed by atoms with Crippen LogP contribution in [-0.4, -0.2) is 15.7 Å². The maximum atomic E-state index is 13.5.